The molecule has 6 nitrogen and oxygen atoms in total. The van der Waals surface area contributed by atoms with Gasteiger partial charge < -0.3 is 15.4 Å². The fraction of sp³-hybridized carbons (Fsp3) is 0.706. The van der Waals surface area contributed by atoms with E-state index in [0.29, 0.717) is 23.4 Å². The number of nitrogens with zero attached hydrogens (tertiary/aromatic N) is 4. The van der Waals surface area contributed by atoms with Crippen molar-refractivity contribution in [1.29, 1.82) is 0 Å². The largest absolute Gasteiger partial charge is 0.396 e. The molecule has 0 aliphatic carbocycles. The van der Waals surface area contributed by atoms with Gasteiger partial charge in [-0.2, -0.15) is 9.97 Å². The quantitative estimate of drug-likeness (QED) is 0.468. The van der Waals surface area contributed by atoms with Crippen molar-refractivity contribution < 1.29 is 5.11 Å². The zero-order chi connectivity index (χ0) is 17.4. The Bertz CT molecular complexity index is 631. The number of anilines is 1. The van der Waals surface area contributed by atoms with Crippen molar-refractivity contribution in [2.45, 2.75) is 70.8 Å². The number of imidazole rings is 1. The fourth-order valence-electron chi connectivity index (χ4n) is 3.09. The predicted octanol–water partition coefficient (Wildman–Crippen LogP) is 4.13. The Hall–Kier alpha value is -1.40. The summed E-state index contributed by atoms with van der Waals surface area (Å²) in [6.07, 6.45) is 12.3. The first-order valence-electron chi connectivity index (χ1n) is 8.93. The normalized spacial score (nSPS) is 12.8. The van der Waals surface area contributed by atoms with Gasteiger partial charge in [0.2, 0.25) is 5.28 Å². The smallest absolute Gasteiger partial charge is 0.226 e. The Morgan fingerprint density at radius 1 is 1.12 bits per heavy atom. The van der Waals surface area contributed by atoms with Crippen LogP contribution in [0.4, 0.5) is 5.82 Å². The number of nitrogen functional groups attached to an aromatic ring is 1. The summed E-state index contributed by atoms with van der Waals surface area (Å²) in [5.41, 5.74) is 7.08. The summed E-state index contributed by atoms with van der Waals surface area (Å²) in [6.45, 7) is 2.37. The second-order valence-corrected chi connectivity index (χ2v) is 6.62. The third-order valence-corrected chi connectivity index (χ3v) is 4.59. The lowest BCUT2D eigenvalue weighted by Crippen LogP contribution is -2.11. The van der Waals surface area contributed by atoms with Crippen molar-refractivity contribution in [3.8, 4) is 0 Å². The molecule has 1 unspecified atom stereocenters. The number of halogens is 1. The summed E-state index contributed by atoms with van der Waals surface area (Å²) in [4.78, 5) is 12.5. The molecule has 0 bridgehead atoms. The summed E-state index contributed by atoms with van der Waals surface area (Å²) in [5.74, 6) is 0.294. The van der Waals surface area contributed by atoms with Gasteiger partial charge in [-0.3, -0.25) is 0 Å². The van der Waals surface area contributed by atoms with E-state index in [-0.39, 0.29) is 17.9 Å². The minimum Gasteiger partial charge on any atom is -0.396 e. The van der Waals surface area contributed by atoms with Crippen LogP contribution in [0.25, 0.3) is 11.2 Å². The molecule has 0 saturated carbocycles. The van der Waals surface area contributed by atoms with Crippen molar-refractivity contribution in [1.82, 2.24) is 19.5 Å². The first kappa shape index (κ1) is 18.9. The van der Waals surface area contributed by atoms with Crippen LogP contribution in [-0.2, 0) is 0 Å². The van der Waals surface area contributed by atoms with Crippen LogP contribution in [0.5, 0.6) is 0 Å². The van der Waals surface area contributed by atoms with Crippen LogP contribution < -0.4 is 5.73 Å². The lowest BCUT2D eigenvalue weighted by atomic mass is 10.0. The second-order valence-electron chi connectivity index (χ2n) is 6.28. The number of unbranched alkanes of at least 4 members (excludes halogenated alkanes) is 6. The average Bonchev–Trinajstić information content (AvgIpc) is 2.97. The van der Waals surface area contributed by atoms with Crippen LogP contribution in [-0.4, -0.2) is 31.2 Å². The first-order chi connectivity index (χ1) is 11.7. The van der Waals surface area contributed by atoms with E-state index in [4.69, 9.17) is 17.3 Å². The van der Waals surface area contributed by atoms with E-state index in [9.17, 15) is 5.11 Å². The minimum atomic E-state index is 0.125. The predicted molar refractivity (Wildman–Crippen MR) is 98.1 cm³/mol. The van der Waals surface area contributed by atoms with Gasteiger partial charge >= 0.3 is 0 Å². The van der Waals surface area contributed by atoms with E-state index in [0.717, 1.165) is 12.8 Å². The molecule has 0 radical (unpaired) electrons. The summed E-state index contributed by atoms with van der Waals surface area (Å²) >= 11 is 5.93. The summed E-state index contributed by atoms with van der Waals surface area (Å²) in [6, 6.07) is 0.154. The number of hydrogen-bond acceptors (Lipinski definition) is 5. The van der Waals surface area contributed by atoms with Crippen molar-refractivity contribution in [3.63, 3.8) is 0 Å². The first-order valence-corrected chi connectivity index (χ1v) is 9.31. The highest BCUT2D eigenvalue weighted by Gasteiger charge is 2.17. The Morgan fingerprint density at radius 2 is 1.83 bits per heavy atom. The van der Waals surface area contributed by atoms with Crippen LogP contribution in [0.1, 0.15) is 70.8 Å². The van der Waals surface area contributed by atoms with Gasteiger partial charge in [0.1, 0.15) is 5.52 Å². The number of aliphatic hydroxyl groups excluding tert-OH is 1. The van der Waals surface area contributed by atoms with Gasteiger partial charge in [-0.05, 0) is 24.4 Å². The Labute approximate surface area is 148 Å². The molecule has 134 valence electrons. The zero-order valence-electron chi connectivity index (χ0n) is 14.4. The topological polar surface area (TPSA) is 89.8 Å². The number of nitrogens with two attached hydrogens (primary N) is 1. The molecule has 24 heavy (non-hydrogen) atoms. The summed E-state index contributed by atoms with van der Waals surface area (Å²) in [5, 5.41) is 9.52. The van der Waals surface area contributed by atoms with Crippen LogP contribution in [0.3, 0.4) is 0 Å². The molecular weight excluding hydrogens is 326 g/mol. The van der Waals surface area contributed by atoms with Crippen molar-refractivity contribution in [3.05, 3.63) is 11.6 Å². The number of fused-ring (bicyclic) bond motifs is 1. The van der Waals surface area contributed by atoms with Crippen molar-refractivity contribution in [2.24, 2.45) is 0 Å². The molecule has 7 heteroatoms. The lowest BCUT2D eigenvalue weighted by molar-refractivity contribution is 0.251. The molecule has 2 rings (SSSR count). The maximum atomic E-state index is 9.40. The summed E-state index contributed by atoms with van der Waals surface area (Å²) < 4.78 is 1.98. The van der Waals surface area contributed by atoms with Crippen molar-refractivity contribution >= 4 is 28.6 Å². The van der Waals surface area contributed by atoms with Gasteiger partial charge in [0.15, 0.2) is 11.5 Å². The van der Waals surface area contributed by atoms with Gasteiger partial charge in [0, 0.05) is 12.6 Å². The number of hydrogen-bond donors (Lipinski definition) is 2. The highest BCUT2D eigenvalue weighted by molar-refractivity contribution is 6.28. The fourth-order valence-corrected chi connectivity index (χ4v) is 3.26. The molecule has 0 saturated heterocycles. The van der Waals surface area contributed by atoms with Crippen LogP contribution in [0.15, 0.2) is 6.33 Å². The molecule has 0 aliphatic rings. The van der Waals surface area contributed by atoms with Gasteiger partial charge in [-0.1, -0.05) is 51.9 Å². The highest BCUT2D eigenvalue weighted by Crippen LogP contribution is 2.26. The van der Waals surface area contributed by atoms with Gasteiger partial charge in [0.25, 0.3) is 0 Å². The van der Waals surface area contributed by atoms with E-state index in [1.807, 2.05) is 4.57 Å². The third kappa shape index (κ3) is 5.05. The minimum absolute atomic E-state index is 0.125. The van der Waals surface area contributed by atoms with Gasteiger partial charge in [0.05, 0.1) is 6.33 Å². The molecule has 0 aromatic carbocycles. The van der Waals surface area contributed by atoms with E-state index in [1.54, 1.807) is 6.33 Å². The zero-order valence-corrected chi connectivity index (χ0v) is 15.2. The third-order valence-electron chi connectivity index (χ3n) is 4.42. The number of aliphatic hydroxyl groups is 1. The lowest BCUT2D eigenvalue weighted by Gasteiger charge is -2.18. The van der Waals surface area contributed by atoms with Gasteiger partial charge in [-0.25, -0.2) is 4.98 Å². The second kappa shape index (κ2) is 9.79. The number of aromatic nitrogens is 4. The molecule has 3 N–H and O–H groups in total. The maximum absolute atomic E-state index is 9.40. The maximum Gasteiger partial charge on any atom is 0.226 e. The molecular formula is C17H28ClN5O. The molecule has 0 fully saturated rings. The highest BCUT2D eigenvalue weighted by atomic mass is 35.5. The standard InChI is InChI=1S/C17H28ClN5O/c1-2-3-4-5-6-7-8-9-13(10-11-24)23-12-20-14-15(19)21-17(18)22-16(14)23/h12-13,24H,2-11H2,1H3,(H2,19,21,22). The molecule has 0 aliphatic heterocycles. The molecule has 2 aromatic rings. The molecule has 2 aromatic heterocycles. The molecule has 0 spiro atoms. The Balaban J connectivity index is 1.97. The van der Waals surface area contributed by atoms with E-state index >= 15 is 0 Å². The Kier molecular flexibility index (Phi) is 7.72. The van der Waals surface area contributed by atoms with Crippen LogP contribution in [0, 0.1) is 0 Å². The van der Waals surface area contributed by atoms with Gasteiger partial charge in [-0.15, -0.1) is 0 Å². The van der Waals surface area contributed by atoms with Crippen LogP contribution in [0.2, 0.25) is 5.28 Å². The monoisotopic (exact) mass is 353 g/mol. The SMILES string of the molecule is CCCCCCCCCC(CCO)n1cnc2c(N)nc(Cl)nc21. The number of rotatable bonds is 11. The van der Waals surface area contributed by atoms with E-state index in [2.05, 4.69) is 21.9 Å². The molecule has 1 atom stereocenters. The van der Waals surface area contributed by atoms with Crippen molar-refractivity contribution in [2.75, 3.05) is 12.3 Å². The molecule has 2 heterocycles. The average molecular weight is 354 g/mol. The molecule has 0 amide bonds. The Morgan fingerprint density at radius 3 is 2.54 bits per heavy atom. The van der Waals surface area contributed by atoms with Crippen LogP contribution >= 0.6 is 11.6 Å². The van der Waals surface area contributed by atoms with E-state index in [1.165, 1.54) is 38.5 Å². The summed E-state index contributed by atoms with van der Waals surface area (Å²) in [7, 11) is 0. The van der Waals surface area contributed by atoms with E-state index < -0.39 is 0 Å².